The van der Waals surface area contributed by atoms with E-state index in [1.165, 1.54) is 25.7 Å². The second-order valence-electron chi connectivity index (χ2n) is 7.17. The monoisotopic (exact) mass is 300 g/mol. The van der Waals surface area contributed by atoms with Crippen molar-refractivity contribution in [2.24, 2.45) is 11.8 Å². The molecule has 0 aromatic heterocycles. The van der Waals surface area contributed by atoms with Crippen molar-refractivity contribution in [3.63, 3.8) is 0 Å². The largest absolute Gasteiger partial charge is 0.311 e. The van der Waals surface area contributed by atoms with Crippen molar-refractivity contribution in [3.05, 3.63) is 0 Å². The normalized spacial score (nSPS) is 32.8. The summed E-state index contributed by atoms with van der Waals surface area (Å²) in [6.07, 6.45) is 5.36. The zero-order valence-electron chi connectivity index (χ0n) is 12.7. The fourth-order valence-corrected chi connectivity index (χ4v) is 4.31. The van der Waals surface area contributed by atoms with Gasteiger partial charge in [-0.2, -0.15) is 0 Å². The zero-order chi connectivity index (χ0) is 14.3. The van der Waals surface area contributed by atoms with Gasteiger partial charge in [0.15, 0.2) is 9.84 Å². The molecule has 0 spiro atoms. The van der Waals surface area contributed by atoms with E-state index in [0.717, 1.165) is 31.5 Å². The van der Waals surface area contributed by atoms with Crippen molar-refractivity contribution in [1.29, 1.82) is 0 Å². The molecule has 3 fully saturated rings. The van der Waals surface area contributed by atoms with E-state index >= 15 is 0 Å². The lowest BCUT2D eigenvalue weighted by Gasteiger charge is -2.41. The number of hydrogen-bond donors (Lipinski definition) is 1. The first kappa shape index (κ1) is 14.8. The second-order valence-corrected chi connectivity index (χ2v) is 9.84. The van der Waals surface area contributed by atoms with Crippen LogP contribution in [0.1, 0.15) is 39.5 Å². The minimum atomic E-state index is -2.91. The molecule has 2 atom stereocenters. The summed E-state index contributed by atoms with van der Waals surface area (Å²) in [5.41, 5.74) is 0. The average molecular weight is 300 g/mol. The van der Waals surface area contributed by atoms with Crippen molar-refractivity contribution in [2.75, 3.05) is 25.4 Å². The first-order chi connectivity index (χ1) is 9.47. The van der Waals surface area contributed by atoms with Gasteiger partial charge in [0.25, 0.3) is 0 Å². The van der Waals surface area contributed by atoms with Gasteiger partial charge in [0.05, 0.1) is 11.0 Å². The highest BCUT2D eigenvalue weighted by Crippen LogP contribution is 2.39. The molecule has 0 aromatic rings. The van der Waals surface area contributed by atoms with Crippen molar-refractivity contribution < 1.29 is 8.42 Å². The molecule has 1 heterocycles. The zero-order valence-corrected chi connectivity index (χ0v) is 13.5. The molecule has 2 unspecified atom stereocenters. The molecule has 20 heavy (non-hydrogen) atoms. The number of hydrogen-bond acceptors (Lipinski definition) is 4. The van der Waals surface area contributed by atoms with Crippen LogP contribution < -0.4 is 5.32 Å². The van der Waals surface area contributed by atoms with Gasteiger partial charge in [-0.15, -0.1) is 0 Å². The van der Waals surface area contributed by atoms with Crippen molar-refractivity contribution in [1.82, 2.24) is 10.2 Å². The van der Waals surface area contributed by atoms with Gasteiger partial charge < -0.3 is 5.32 Å². The molecule has 0 amide bonds. The number of sulfone groups is 1. The summed E-state index contributed by atoms with van der Waals surface area (Å²) in [6.45, 7) is 6.43. The Morgan fingerprint density at radius 3 is 2.35 bits per heavy atom. The molecule has 0 radical (unpaired) electrons. The van der Waals surface area contributed by atoms with Crippen LogP contribution in [0.3, 0.4) is 0 Å². The molecule has 1 N–H and O–H groups in total. The van der Waals surface area contributed by atoms with E-state index in [4.69, 9.17) is 0 Å². The van der Waals surface area contributed by atoms with Gasteiger partial charge in [-0.1, -0.05) is 0 Å². The fourth-order valence-electron chi connectivity index (χ4n) is 3.35. The van der Waals surface area contributed by atoms with Gasteiger partial charge in [0, 0.05) is 31.7 Å². The highest BCUT2D eigenvalue weighted by Gasteiger charge is 2.42. The maximum Gasteiger partial charge on any atom is 0.153 e. The average Bonchev–Trinajstić information content (AvgIpc) is 3.29. The third kappa shape index (κ3) is 3.37. The van der Waals surface area contributed by atoms with Crippen LogP contribution >= 0.6 is 0 Å². The molecule has 3 rings (SSSR count). The molecule has 0 aromatic carbocycles. The molecule has 4 nitrogen and oxygen atoms in total. The molecule has 1 aliphatic heterocycles. The Kier molecular flexibility index (Phi) is 4.13. The lowest BCUT2D eigenvalue weighted by molar-refractivity contribution is 0.115. The summed E-state index contributed by atoms with van der Waals surface area (Å²) >= 11 is 0. The molecule has 116 valence electrons. The summed E-state index contributed by atoms with van der Waals surface area (Å²) in [4.78, 5) is 2.48. The molecule has 0 bridgehead atoms. The van der Waals surface area contributed by atoms with Gasteiger partial charge >= 0.3 is 0 Å². The minimum absolute atomic E-state index is 0.246. The van der Waals surface area contributed by atoms with Gasteiger partial charge in [-0.3, -0.25) is 4.90 Å². The maximum absolute atomic E-state index is 12.1. The smallest absolute Gasteiger partial charge is 0.153 e. The first-order valence-corrected chi connectivity index (χ1v) is 9.88. The Bertz CT molecular complexity index is 441. The van der Waals surface area contributed by atoms with Crippen LogP contribution in [0.25, 0.3) is 0 Å². The molecule has 1 saturated heterocycles. The summed E-state index contributed by atoms with van der Waals surface area (Å²) in [5, 5.41) is 3.46. The number of nitrogens with one attached hydrogen (secondary N) is 1. The number of piperazine rings is 1. The SMILES string of the molecule is CC(C)S(=O)(=O)CCN1CC(C2CC2)NCC1C1CC1. The van der Waals surface area contributed by atoms with Gasteiger partial charge in [-0.05, 0) is 51.4 Å². The Morgan fingerprint density at radius 2 is 1.80 bits per heavy atom. The predicted molar refractivity (Wildman–Crippen MR) is 81.5 cm³/mol. The maximum atomic E-state index is 12.1. The Morgan fingerprint density at radius 1 is 1.15 bits per heavy atom. The van der Waals surface area contributed by atoms with Crippen LogP contribution in [0, 0.1) is 11.8 Å². The number of nitrogens with zero attached hydrogens (tertiary/aromatic N) is 1. The van der Waals surface area contributed by atoms with E-state index < -0.39 is 9.84 Å². The summed E-state index contributed by atoms with van der Waals surface area (Å²) < 4.78 is 24.1. The van der Waals surface area contributed by atoms with Crippen LogP contribution in [-0.2, 0) is 9.84 Å². The van der Waals surface area contributed by atoms with Crippen LogP contribution in [0.2, 0.25) is 0 Å². The second kappa shape index (κ2) is 5.58. The third-order valence-corrected chi connectivity index (χ3v) is 7.42. The summed E-state index contributed by atoms with van der Waals surface area (Å²) in [5.74, 6) is 1.98. The quantitative estimate of drug-likeness (QED) is 0.802. The van der Waals surface area contributed by atoms with E-state index in [1.54, 1.807) is 13.8 Å². The first-order valence-electron chi connectivity index (χ1n) is 8.16. The van der Waals surface area contributed by atoms with Crippen LogP contribution in [0.5, 0.6) is 0 Å². The highest BCUT2D eigenvalue weighted by molar-refractivity contribution is 7.92. The van der Waals surface area contributed by atoms with E-state index in [1.807, 2.05) is 0 Å². The highest BCUT2D eigenvalue weighted by atomic mass is 32.2. The van der Waals surface area contributed by atoms with Crippen molar-refractivity contribution in [2.45, 2.75) is 56.9 Å². The van der Waals surface area contributed by atoms with Crippen LogP contribution in [-0.4, -0.2) is 56.0 Å². The van der Waals surface area contributed by atoms with E-state index in [2.05, 4.69) is 10.2 Å². The van der Waals surface area contributed by atoms with Gasteiger partial charge in [0.2, 0.25) is 0 Å². The Labute approximate surface area is 123 Å². The Hall–Kier alpha value is -0.130. The van der Waals surface area contributed by atoms with E-state index in [9.17, 15) is 8.42 Å². The van der Waals surface area contributed by atoms with Crippen molar-refractivity contribution in [3.8, 4) is 0 Å². The molecule has 5 heteroatoms. The van der Waals surface area contributed by atoms with Gasteiger partial charge in [0.1, 0.15) is 0 Å². The molecular formula is C15H28N2O2S. The third-order valence-electron chi connectivity index (χ3n) is 5.23. The topological polar surface area (TPSA) is 49.4 Å². The minimum Gasteiger partial charge on any atom is -0.311 e. The molecule has 2 saturated carbocycles. The number of rotatable bonds is 6. The molecule has 3 aliphatic rings. The van der Waals surface area contributed by atoms with E-state index in [0.29, 0.717) is 17.8 Å². The Balaban J connectivity index is 1.60. The van der Waals surface area contributed by atoms with Gasteiger partial charge in [-0.25, -0.2) is 8.42 Å². The van der Waals surface area contributed by atoms with E-state index in [-0.39, 0.29) is 5.25 Å². The molecule has 2 aliphatic carbocycles. The summed E-state index contributed by atoms with van der Waals surface area (Å²) in [6, 6.07) is 1.18. The van der Waals surface area contributed by atoms with Crippen LogP contribution in [0.4, 0.5) is 0 Å². The molecular weight excluding hydrogens is 272 g/mol. The predicted octanol–water partition coefficient (Wildman–Crippen LogP) is 1.27. The fraction of sp³-hybridized carbons (Fsp3) is 1.00. The summed E-state index contributed by atoms with van der Waals surface area (Å²) in [7, 11) is -2.91. The van der Waals surface area contributed by atoms with Crippen molar-refractivity contribution >= 4 is 9.84 Å². The lowest BCUT2D eigenvalue weighted by atomic mass is 10.0. The van der Waals surface area contributed by atoms with Crippen LogP contribution in [0.15, 0.2) is 0 Å². The standard InChI is InChI=1S/C15H28N2O2S/c1-11(2)20(18,19)8-7-17-10-14(12-3-4-12)16-9-15(17)13-5-6-13/h11-16H,3-10H2,1-2H3. The lowest BCUT2D eigenvalue weighted by Crippen LogP contribution is -2.58.